The molecule has 0 radical (unpaired) electrons. The molecule has 0 spiro atoms. The molecule has 1 heterocycles. The van der Waals surface area contributed by atoms with Gasteiger partial charge in [0.25, 0.3) is 0 Å². The van der Waals surface area contributed by atoms with Crippen LogP contribution in [0.5, 0.6) is 5.75 Å². The molecular weight excluding hydrogens is 223 g/mol. The SMILES string of the molecule is NCCCN1C(=O)CCOc2cc(F)ccc21. The molecule has 0 unspecified atom stereocenters. The van der Waals surface area contributed by atoms with Crippen molar-refractivity contribution >= 4 is 11.6 Å². The number of nitrogens with zero attached hydrogens (tertiary/aromatic N) is 1. The minimum atomic E-state index is -0.364. The lowest BCUT2D eigenvalue weighted by molar-refractivity contribution is -0.118. The lowest BCUT2D eigenvalue weighted by atomic mass is 10.2. The Morgan fingerprint density at radius 3 is 3.06 bits per heavy atom. The highest BCUT2D eigenvalue weighted by molar-refractivity contribution is 5.95. The van der Waals surface area contributed by atoms with Crippen molar-refractivity contribution in [2.45, 2.75) is 12.8 Å². The summed E-state index contributed by atoms with van der Waals surface area (Å²) in [5, 5.41) is 0. The van der Waals surface area contributed by atoms with Crippen molar-refractivity contribution in [1.82, 2.24) is 0 Å². The third-order valence-corrected chi connectivity index (χ3v) is 2.67. The quantitative estimate of drug-likeness (QED) is 0.863. The van der Waals surface area contributed by atoms with Gasteiger partial charge in [-0.2, -0.15) is 0 Å². The van der Waals surface area contributed by atoms with Gasteiger partial charge in [0, 0.05) is 12.6 Å². The molecule has 5 heteroatoms. The van der Waals surface area contributed by atoms with E-state index >= 15 is 0 Å². The average Bonchev–Trinajstić information content (AvgIpc) is 2.45. The van der Waals surface area contributed by atoms with Crippen molar-refractivity contribution in [3.63, 3.8) is 0 Å². The molecule has 1 aromatic carbocycles. The minimum absolute atomic E-state index is 0.0104. The Labute approximate surface area is 99.2 Å². The summed E-state index contributed by atoms with van der Waals surface area (Å²) in [6, 6.07) is 4.21. The van der Waals surface area contributed by atoms with Crippen LogP contribution in [-0.2, 0) is 4.79 Å². The third kappa shape index (κ3) is 2.55. The second-order valence-electron chi connectivity index (χ2n) is 3.90. The number of carbonyl (C=O) groups excluding carboxylic acids is 1. The Hall–Kier alpha value is -1.62. The predicted octanol–water partition coefficient (Wildman–Crippen LogP) is 1.29. The Bertz CT molecular complexity index is 423. The largest absolute Gasteiger partial charge is 0.491 e. The molecule has 92 valence electrons. The van der Waals surface area contributed by atoms with E-state index in [1.54, 1.807) is 11.0 Å². The zero-order valence-corrected chi connectivity index (χ0v) is 9.49. The highest BCUT2D eigenvalue weighted by Crippen LogP contribution is 2.32. The van der Waals surface area contributed by atoms with Crippen LogP contribution in [0.15, 0.2) is 18.2 Å². The van der Waals surface area contributed by atoms with E-state index in [4.69, 9.17) is 10.5 Å². The van der Waals surface area contributed by atoms with Crippen LogP contribution < -0.4 is 15.4 Å². The van der Waals surface area contributed by atoms with Gasteiger partial charge < -0.3 is 15.4 Å². The maximum atomic E-state index is 13.1. The molecule has 1 aliphatic heterocycles. The van der Waals surface area contributed by atoms with Gasteiger partial charge in [-0.15, -0.1) is 0 Å². The van der Waals surface area contributed by atoms with Gasteiger partial charge in [0.2, 0.25) is 5.91 Å². The lowest BCUT2D eigenvalue weighted by Gasteiger charge is -2.21. The molecule has 0 atom stereocenters. The van der Waals surface area contributed by atoms with E-state index in [1.165, 1.54) is 12.1 Å². The smallest absolute Gasteiger partial charge is 0.230 e. The highest BCUT2D eigenvalue weighted by Gasteiger charge is 2.22. The van der Waals surface area contributed by atoms with Crippen LogP contribution >= 0.6 is 0 Å². The van der Waals surface area contributed by atoms with E-state index in [0.29, 0.717) is 37.4 Å². The number of rotatable bonds is 3. The van der Waals surface area contributed by atoms with E-state index in [2.05, 4.69) is 0 Å². The van der Waals surface area contributed by atoms with Crippen molar-refractivity contribution in [2.75, 3.05) is 24.6 Å². The van der Waals surface area contributed by atoms with Crippen LogP contribution in [-0.4, -0.2) is 25.6 Å². The van der Waals surface area contributed by atoms with Gasteiger partial charge >= 0.3 is 0 Å². The number of halogens is 1. The van der Waals surface area contributed by atoms with E-state index in [-0.39, 0.29) is 18.3 Å². The van der Waals surface area contributed by atoms with Crippen molar-refractivity contribution in [1.29, 1.82) is 0 Å². The maximum Gasteiger partial charge on any atom is 0.230 e. The molecule has 4 nitrogen and oxygen atoms in total. The van der Waals surface area contributed by atoms with Crippen LogP contribution in [0, 0.1) is 5.82 Å². The zero-order chi connectivity index (χ0) is 12.3. The molecule has 2 rings (SSSR count). The molecule has 0 bridgehead atoms. The molecule has 17 heavy (non-hydrogen) atoms. The standard InChI is InChI=1S/C12H15FN2O2/c13-9-2-3-10-11(8-9)17-7-4-12(16)15(10)6-1-5-14/h2-3,8H,1,4-7,14H2. The molecule has 1 amide bonds. The Morgan fingerprint density at radius 1 is 1.47 bits per heavy atom. The Morgan fingerprint density at radius 2 is 2.29 bits per heavy atom. The molecule has 1 aromatic rings. The van der Waals surface area contributed by atoms with E-state index in [9.17, 15) is 9.18 Å². The molecule has 1 aliphatic rings. The summed E-state index contributed by atoms with van der Waals surface area (Å²) >= 11 is 0. The molecule has 0 aromatic heterocycles. The fourth-order valence-corrected chi connectivity index (χ4v) is 1.84. The van der Waals surface area contributed by atoms with Gasteiger partial charge in [-0.3, -0.25) is 4.79 Å². The topological polar surface area (TPSA) is 55.6 Å². The minimum Gasteiger partial charge on any atom is -0.491 e. The summed E-state index contributed by atoms with van der Waals surface area (Å²) < 4.78 is 18.5. The number of nitrogens with two attached hydrogens (primary N) is 1. The van der Waals surface area contributed by atoms with Crippen LogP contribution in [0.1, 0.15) is 12.8 Å². The first-order valence-corrected chi connectivity index (χ1v) is 5.65. The summed E-state index contributed by atoms with van der Waals surface area (Å²) in [5.74, 6) is 0.0496. The van der Waals surface area contributed by atoms with E-state index in [1.807, 2.05) is 0 Å². The number of amides is 1. The molecule has 0 saturated heterocycles. The summed E-state index contributed by atoms with van der Waals surface area (Å²) in [4.78, 5) is 13.5. The molecule has 2 N–H and O–H groups in total. The monoisotopic (exact) mass is 238 g/mol. The Kier molecular flexibility index (Phi) is 3.58. The number of carbonyl (C=O) groups is 1. The van der Waals surface area contributed by atoms with Crippen LogP contribution in [0.4, 0.5) is 10.1 Å². The van der Waals surface area contributed by atoms with Crippen LogP contribution in [0.3, 0.4) is 0 Å². The number of anilines is 1. The van der Waals surface area contributed by atoms with Gasteiger partial charge in [0.1, 0.15) is 11.6 Å². The fourth-order valence-electron chi connectivity index (χ4n) is 1.84. The highest BCUT2D eigenvalue weighted by atomic mass is 19.1. The van der Waals surface area contributed by atoms with Crippen molar-refractivity contribution < 1.29 is 13.9 Å². The lowest BCUT2D eigenvalue weighted by Crippen LogP contribution is -2.32. The van der Waals surface area contributed by atoms with Gasteiger partial charge in [-0.05, 0) is 25.1 Å². The van der Waals surface area contributed by atoms with Crippen molar-refractivity contribution in [3.8, 4) is 5.75 Å². The average molecular weight is 238 g/mol. The Balaban J connectivity index is 2.33. The van der Waals surface area contributed by atoms with Crippen LogP contribution in [0.2, 0.25) is 0 Å². The number of hydrogen-bond acceptors (Lipinski definition) is 3. The van der Waals surface area contributed by atoms with Crippen LogP contribution in [0.25, 0.3) is 0 Å². The molecule has 0 aliphatic carbocycles. The maximum absolute atomic E-state index is 13.1. The van der Waals surface area contributed by atoms with Crippen molar-refractivity contribution in [3.05, 3.63) is 24.0 Å². The van der Waals surface area contributed by atoms with E-state index < -0.39 is 0 Å². The predicted molar refractivity (Wildman–Crippen MR) is 62.5 cm³/mol. The number of benzene rings is 1. The molecular formula is C12H15FN2O2. The number of ether oxygens (including phenoxy) is 1. The zero-order valence-electron chi connectivity index (χ0n) is 9.49. The van der Waals surface area contributed by atoms with Gasteiger partial charge in [0.15, 0.2) is 0 Å². The van der Waals surface area contributed by atoms with Gasteiger partial charge in [-0.25, -0.2) is 4.39 Å². The van der Waals surface area contributed by atoms with E-state index in [0.717, 1.165) is 0 Å². The summed E-state index contributed by atoms with van der Waals surface area (Å²) in [6.07, 6.45) is 1.02. The molecule has 0 fully saturated rings. The normalized spacial score (nSPS) is 15.2. The van der Waals surface area contributed by atoms with Gasteiger partial charge in [0.05, 0.1) is 18.7 Å². The fraction of sp³-hybridized carbons (Fsp3) is 0.417. The summed E-state index contributed by atoms with van der Waals surface area (Å²) in [7, 11) is 0. The third-order valence-electron chi connectivity index (χ3n) is 2.67. The number of fused-ring (bicyclic) bond motifs is 1. The first kappa shape index (κ1) is 11.9. The molecule has 0 saturated carbocycles. The van der Waals surface area contributed by atoms with Gasteiger partial charge in [-0.1, -0.05) is 0 Å². The first-order chi connectivity index (χ1) is 8.22. The second kappa shape index (κ2) is 5.14. The first-order valence-electron chi connectivity index (χ1n) is 5.65. The summed E-state index contributed by atoms with van der Waals surface area (Å²) in [6.45, 7) is 1.34. The van der Waals surface area contributed by atoms with Crippen molar-refractivity contribution in [2.24, 2.45) is 5.73 Å². The second-order valence-corrected chi connectivity index (χ2v) is 3.90. The number of hydrogen-bond donors (Lipinski definition) is 1. The summed E-state index contributed by atoms with van der Waals surface area (Å²) in [5.41, 5.74) is 6.07.